The second-order valence-electron chi connectivity index (χ2n) is 11.3. The Balaban J connectivity index is 1.35. The summed E-state index contributed by atoms with van der Waals surface area (Å²) in [6, 6.07) is 17.3. The molecule has 222 valence electrons. The molecule has 1 unspecified atom stereocenters. The van der Waals surface area contributed by atoms with Gasteiger partial charge < -0.3 is 15.0 Å². The summed E-state index contributed by atoms with van der Waals surface area (Å²) in [5.41, 5.74) is 3.18. The van der Waals surface area contributed by atoms with E-state index in [1.807, 2.05) is 42.6 Å². The third kappa shape index (κ3) is 12.0. The van der Waals surface area contributed by atoms with Crippen LogP contribution in [0.3, 0.4) is 0 Å². The quantitative estimate of drug-likeness (QED) is 0.101. The molecule has 0 radical (unpaired) electrons. The Bertz CT molecular complexity index is 1200. The molecule has 5 nitrogen and oxygen atoms in total. The van der Waals surface area contributed by atoms with Crippen molar-refractivity contribution in [3.8, 4) is 0 Å². The van der Waals surface area contributed by atoms with Crippen LogP contribution >= 0.6 is 0 Å². The third-order valence-electron chi connectivity index (χ3n) is 7.79. The largest absolute Gasteiger partial charge is 0.480 e. The van der Waals surface area contributed by atoms with Gasteiger partial charge in [-0.05, 0) is 49.3 Å². The lowest BCUT2D eigenvalue weighted by atomic mass is 10.0. The Morgan fingerprint density at radius 2 is 1.41 bits per heavy atom. The molecule has 1 heterocycles. The molecule has 1 atom stereocenters. The van der Waals surface area contributed by atoms with Gasteiger partial charge in [-0.25, -0.2) is 4.79 Å². The summed E-state index contributed by atoms with van der Waals surface area (Å²) in [5, 5.41) is 13.7. The summed E-state index contributed by atoms with van der Waals surface area (Å²) in [6.07, 6.45) is 23.0. The topological polar surface area (TPSA) is 71.3 Å². The first-order valence-electron chi connectivity index (χ1n) is 15.9. The third-order valence-corrected chi connectivity index (χ3v) is 7.79. The summed E-state index contributed by atoms with van der Waals surface area (Å²) >= 11 is 0. The van der Waals surface area contributed by atoms with E-state index in [0.717, 1.165) is 42.1 Å². The summed E-state index contributed by atoms with van der Waals surface area (Å²) in [7, 11) is 0. The van der Waals surface area contributed by atoms with Crippen molar-refractivity contribution in [2.45, 2.75) is 116 Å². The van der Waals surface area contributed by atoms with Gasteiger partial charge in [0.15, 0.2) is 0 Å². The minimum Gasteiger partial charge on any atom is -0.480 e. The molecule has 41 heavy (non-hydrogen) atoms. The van der Waals surface area contributed by atoms with E-state index >= 15 is 0 Å². The molecule has 0 spiro atoms. The van der Waals surface area contributed by atoms with E-state index in [-0.39, 0.29) is 12.3 Å². The number of nitrogens with one attached hydrogen (secondary N) is 1. The fourth-order valence-corrected chi connectivity index (χ4v) is 5.44. The summed E-state index contributed by atoms with van der Waals surface area (Å²) in [6.45, 7) is 2.97. The lowest BCUT2D eigenvalue weighted by Crippen LogP contribution is -2.42. The first kappa shape index (κ1) is 32.2. The molecule has 3 rings (SSSR count). The van der Waals surface area contributed by atoms with Gasteiger partial charge in [0.1, 0.15) is 6.04 Å². The molecular weight excluding hydrogens is 508 g/mol. The second-order valence-corrected chi connectivity index (χ2v) is 11.3. The number of amides is 1. The number of carboxylic acids is 1. The first-order valence-corrected chi connectivity index (χ1v) is 15.9. The fourth-order valence-electron chi connectivity index (χ4n) is 5.44. The van der Waals surface area contributed by atoms with Crippen molar-refractivity contribution in [3.05, 3.63) is 84.1 Å². The van der Waals surface area contributed by atoms with Crippen LogP contribution in [-0.2, 0) is 22.6 Å². The fraction of sp³-hybridized carbons (Fsp3) is 0.500. The lowest BCUT2D eigenvalue weighted by molar-refractivity contribution is -0.141. The molecule has 2 aromatic carbocycles. The molecule has 2 N–H and O–H groups in total. The monoisotopic (exact) mass is 558 g/mol. The molecule has 0 aliphatic rings. The van der Waals surface area contributed by atoms with Gasteiger partial charge in [-0.3, -0.25) is 4.79 Å². The van der Waals surface area contributed by atoms with E-state index in [4.69, 9.17) is 0 Å². The number of unbranched alkanes of at least 4 members (excludes halogenated alkanes) is 11. The summed E-state index contributed by atoms with van der Waals surface area (Å²) in [5.74, 6) is -1.18. The number of fused-ring (bicyclic) bond motifs is 1. The number of para-hydroxylation sites is 1. The maximum atomic E-state index is 12.6. The van der Waals surface area contributed by atoms with Gasteiger partial charge >= 0.3 is 5.97 Å². The van der Waals surface area contributed by atoms with Crippen LogP contribution in [0.4, 0.5) is 0 Å². The number of hydrogen-bond acceptors (Lipinski definition) is 2. The highest BCUT2D eigenvalue weighted by atomic mass is 16.4. The maximum absolute atomic E-state index is 12.6. The highest BCUT2D eigenvalue weighted by Crippen LogP contribution is 2.24. The average molecular weight is 559 g/mol. The van der Waals surface area contributed by atoms with E-state index in [1.54, 1.807) is 0 Å². The molecule has 0 fully saturated rings. The summed E-state index contributed by atoms with van der Waals surface area (Å²) < 4.78 is 2.16. The van der Waals surface area contributed by atoms with Gasteiger partial charge in [0.2, 0.25) is 5.91 Å². The van der Waals surface area contributed by atoms with Crippen LogP contribution < -0.4 is 5.32 Å². The molecule has 0 aliphatic heterocycles. The van der Waals surface area contributed by atoms with E-state index < -0.39 is 12.0 Å². The number of carboxylic acid groups (broad SMARTS) is 1. The molecule has 1 aromatic heterocycles. The number of aliphatic carboxylic acids is 1. The number of rotatable bonds is 21. The Kier molecular flexibility index (Phi) is 14.8. The lowest BCUT2D eigenvalue weighted by Gasteiger charge is -2.14. The van der Waals surface area contributed by atoms with Gasteiger partial charge in [-0.2, -0.15) is 0 Å². The van der Waals surface area contributed by atoms with Crippen molar-refractivity contribution in [1.29, 1.82) is 0 Å². The molecule has 0 bridgehead atoms. The van der Waals surface area contributed by atoms with Crippen LogP contribution in [0.2, 0.25) is 0 Å². The van der Waals surface area contributed by atoms with Gasteiger partial charge in [0.05, 0.1) is 0 Å². The van der Waals surface area contributed by atoms with E-state index in [0.29, 0.717) is 13.0 Å². The summed E-state index contributed by atoms with van der Waals surface area (Å²) in [4.78, 5) is 24.7. The Hall–Kier alpha value is -3.34. The van der Waals surface area contributed by atoms with Crippen molar-refractivity contribution < 1.29 is 14.7 Å². The number of aromatic nitrogens is 1. The van der Waals surface area contributed by atoms with Crippen LogP contribution in [0.25, 0.3) is 10.9 Å². The van der Waals surface area contributed by atoms with Crippen LogP contribution in [0.5, 0.6) is 0 Å². The Labute approximate surface area is 247 Å². The molecule has 1 amide bonds. The zero-order valence-electron chi connectivity index (χ0n) is 25.0. The molecule has 0 saturated heterocycles. The second kappa shape index (κ2) is 18.9. The predicted molar refractivity (Wildman–Crippen MR) is 170 cm³/mol. The molecular formula is C36H50N2O3. The van der Waals surface area contributed by atoms with Crippen molar-refractivity contribution in [2.75, 3.05) is 0 Å². The number of carbonyl (C=O) groups is 2. The first-order chi connectivity index (χ1) is 20.1. The number of benzene rings is 2. The number of nitrogens with zero attached hydrogens (tertiary/aromatic N) is 1. The number of carbonyl (C=O) groups excluding carboxylic acids is 1. The van der Waals surface area contributed by atoms with Crippen molar-refractivity contribution >= 4 is 22.8 Å². The van der Waals surface area contributed by atoms with E-state index in [1.165, 1.54) is 63.4 Å². The Morgan fingerprint density at radius 3 is 2.10 bits per heavy atom. The van der Waals surface area contributed by atoms with Crippen molar-refractivity contribution in [3.63, 3.8) is 0 Å². The standard InChI is InChI=1S/C36H50N2O3/c1-2-3-4-5-6-7-8-9-10-11-12-13-14-15-19-26-35(39)37-33(36(40)41)27-31-29-38(28-30-22-17-16-18-23-30)34-25-21-20-24-32(31)34/h9-10,16-18,20-25,29,33H,2-8,11-15,19,26-28H2,1H3,(H,37,39)(H,40,41). The van der Waals surface area contributed by atoms with Crippen LogP contribution in [0.15, 0.2) is 72.9 Å². The van der Waals surface area contributed by atoms with Crippen molar-refractivity contribution in [2.24, 2.45) is 0 Å². The zero-order chi connectivity index (χ0) is 29.1. The maximum Gasteiger partial charge on any atom is 0.326 e. The minimum atomic E-state index is -0.997. The molecule has 0 aliphatic carbocycles. The Morgan fingerprint density at radius 1 is 0.805 bits per heavy atom. The van der Waals surface area contributed by atoms with E-state index in [2.05, 4.69) is 47.2 Å². The predicted octanol–water partition coefficient (Wildman–Crippen LogP) is 8.84. The zero-order valence-corrected chi connectivity index (χ0v) is 25.0. The van der Waals surface area contributed by atoms with Crippen LogP contribution in [0.1, 0.15) is 108 Å². The molecule has 3 aromatic rings. The highest BCUT2D eigenvalue weighted by Gasteiger charge is 2.22. The number of hydrogen-bond donors (Lipinski definition) is 2. The van der Waals surface area contributed by atoms with Gasteiger partial charge in [-0.15, -0.1) is 0 Å². The number of allylic oxidation sites excluding steroid dienone is 2. The highest BCUT2D eigenvalue weighted by molar-refractivity contribution is 5.87. The smallest absolute Gasteiger partial charge is 0.326 e. The van der Waals surface area contributed by atoms with Gasteiger partial charge in [0, 0.05) is 36.5 Å². The SMILES string of the molecule is CCCCCCCCC=CCCCCCCCC(=O)NC(Cc1cn(Cc2ccccc2)c2ccccc12)C(=O)O. The minimum absolute atomic E-state index is 0.178. The van der Waals surface area contributed by atoms with Crippen LogP contribution in [-0.4, -0.2) is 27.6 Å². The molecule has 0 saturated carbocycles. The normalized spacial score (nSPS) is 12.2. The van der Waals surface area contributed by atoms with Gasteiger partial charge in [0.25, 0.3) is 0 Å². The van der Waals surface area contributed by atoms with Crippen LogP contribution in [0, 0.1) is 0 Å². The average Bonchev–Trinajstić information content (AvgIpc) is 3.32. The van der Waals surface area contributed by atoms with E-state index in [9.17, 15) is 14.7 Å². The van der Waals surface area contributed by atoms with Crippen molar-refractivity contribution in [1.82, 2.24) is 9.88 Å². The molecule has 5 heteroatoms. The van der Waals surface area contributed by atoms with Gasteiger partial charge in [-0.1, -0.05) is 119 Å².